The smallest absolute Gasteiger partial charge is 0.232 e. The minimum atomic E-state index is -0.162. The number of carbonyl (C=O) groups is 2. The molecule has 1 N–H and O–H groups in total. The van der Waals surface area contributed by atoms with Crippen LogP contribution in [-0.2, 0) is 9.59 Å². The van der Waals surface area contributed by atoms with Crippen molar-refractivity contribution in [1.82, 2.24) is 4.90 Å². The van der Waals surface area contributed by atoms with Crippen molar-refractivity contribution in [3.8, 4) is 0 Å². The third-order valence-electron chi connectivity index (χ3n) is 3.35. The Hall–Kier alpha value is -0.900. The van der Waals surface area contributed by atoms with E-state index in [1.54, 1.807) is 0 Å². The summed E-state index contributed by atoms with van der Waals surface area (Å²) in [6, 6.07) is 0. The number of nitrogens with zero attached hydrogens (tertiary/aromatic N) is 1. The van der Waals surface area contributed by atoms with Crippen molar-refractivity contribution in [1.29, 1.82) is 0 Å². The summed E-state index contributed by atoms with van der Waals surface area (Å²) < 4.78 is 0. The Labute approximate surface area is 96.6 Å². The number of aliphatic hydroxyl groups excluding tert-OH is 1. The fourth-order valence-electron chi connectivity index (χ4n) is 1.98. The summed E-state index contributed by atoms with van der Waals surface area (Å²) >= 11 is 0. The quantitative estimate of drug-likeness (QED) is 0.547. The maximum atomic E-state index is 11.7. The number of hydrogen-bond donors (Lipinski definition) is 1. The molecule has 1 fully saturated rings. The number of likely N-dealkylation sites (tertiary alicyclic amines) is 1. The van der Waals surface area contributed by atoms with E-state index in [1.807, 2.05) is 13.8 Å². The Balaban J connectivity index is 2.32. The van der Waals surface area contributed by atoms with Gasteiger partial charge in [-0.2, -0.15) is 0 Å². The van der Waals surface area contributed by atoms with Crippen LogP contribution in [-0.4, -0.2) is 35.0 Å². The van der Waals surface area contributed by atoms with Gasteiger partial charge in [0.2, 0.25) is 11.8 Å². The van der Waals surface area contributed by atoms with Gasteiger partial charge in [0, 0.05) is 25.0 Å². The first-order chi connectivity index (χ1) is 7.59. The average Bonchev–Trinajstić information content (AvgIpc) is 2.46. The zero-order chi connectivity index (χ0) is 12.1. The molecule has 4 heteroatoms. The zero-order valence-corrected chi connectivity index (χ0v) is 10.1. The van der Waals surface area contributed by atoms with Crippen LogP contribution < -0.4 is 0 Å². The van der Waals surface area contributed by atoms with E-state index in [9.17, 15) is 9.59 Å². The molecule has 0 aliphatic carbocycles. The highest BCUT2D eigenvalue weighted by Crippen LogP contribution is 2.25. The van der Waals surface area contributed by atoms with E-state index in [0.717, 1.165) is 25.7 Å². The molecule has 4 nitrogen and oxygen atoms in total. The van der Waals surface area contributed by atoms with E-state index < -0.39 is 0 Å². The molecule has 0 saturated carbocycles. The first-order valence-corrected chi connectivity index (χ1v) is 6.05. The van der Waals surface area contributed by atoms with E-state index in [0.29, 0.717) is 6.54 Å². The summed E-state index contributed by atoms with van der Waals surface area (Å²) in [7, 11) is 0. The van der Waals surface area contributed by atoms with Crippen LogP contribution in [0.2, 0.25) is 0 Å². The zero-order valence-electron chi connectivity index (χ0n) is 10.1. The first-order valence-electron chi connectivity index (χ1n) is 6.05. The van der Waals surface area contributed by atoms with Gasteiger partial charge < -0.3 is 5.11 Å². The molecule has 16 heavy (non-hydrogen) atoms. The third kappa shape index (κ3) is 2.82. The molecule has 2 atom stereocenters. The van der Waals surface area contributed by atoms with Crippen molar-refractivity contribution in [2.75, 3.05) is 13.2 Å². The van der Waals surface area contributed by atoms with Gasteiger partial charge in [-0.15, -0.1) is 0 Å². The predicted octanol–water partition coefficient (Wildman–Crippen LogP) is 1.18. The molecule has 0 spiro atoms. The van der Waals surface area contributed by atoms with Gasteiger partial charge in [-0.05, 0) is 12.8 Å². The molecule has 1 rings (SSSR count). The molecular weight excluding hydrogens is 206 g/mol. The van der Waals surface area contributed by atoms with Crippen molar-refractivity contribution < 1.29 is 14.7 Å². The van der Waals surface area contributed by atoms with Crippen LogP contribution in [0.3, 0.4) is 0 Å². The van der Waals surface area contributed by atoms with Crippen molar-refractivity contribution in [3.05, 3.63) is 0 Å². The monoisotopic (exact) mass is 227 g/mol. The Bertz CT molecular complexity index is 245. The number of imide groups is 1. The maximum absolute atomic E-state index is 11.7. The van der Waals surface area contributed by atoms with Crippen LogP contribution in [0.4, 0.5) is 0 Å². The van der Waals surface area contributed by atoms with E-state index in [4.69, 9.17) is 5.11 Å². The highest BCUT2D eigenvalue weighted by atomic mass is 16.3. The van der Waals surface area contributed by atoms with Gasteiger partial charge in [-0.3, -0.25) is 14.5 Å². The highest BCUT2D eigenvalue weighted by molar-refractivity contribution is 6.04. The summed E-state index contributed by atoms with van der Waals surface area (Å²) in [6.07, 6.45) is 3.56. The van der Waals surface area contributed by atoms with Crippen LogP contribution in [0, 0.1) is 11.8 Å². The summed E-state index contributed by atoms with van der Waals surface area (Å²) in [6.45, 7) is 4.39. The second kappa shape index (κ2) is 5.99. The van der Waals surface area contributed by atoms with Crippen LogP contribution in [0.5, 0.6) is 0 Å². The fourth-order valence-corrected chi connectivity index (χ4v) is 1.98. The molecule has 92 valence electrons. The van der Waals surface area contributed by atoms with Crippen LogP contribution in [0.1, 0.15) is 39.5 Å². The lowest BCUT2D eigenvalue weighted by atomic mass is 10.00. The van der Waals surface area contributed by atoms with Gasteiger partial charge in [0.15, 0.2) is 0 Å². The SMILES string of the molecule is C[C@@H]1C(=O)N(CCCCCCO)C(=O)[C@@H]1C. The van der Waals surface area contributed by atoms with Gasteiger partial charge in [-0.1, -0.05) is 26.7 Å². The lowest BCUT2D eigenvalue weighted by Crippen LogP contribution is -2.31. The molecule has 0 aromatic heterocycles. The van der Waals surface area contributed by atoms with Gasteiger partial charge in [0.25, 0.3) is 0 Å². The standard InChI is InChI=1S/C12H21NO3/c1-9-10(2)12(16)13(11(9)15)7-5-3-4-6-8-14/h9-10,14H,3-8H2,1-2H3/t9-,10+. The molecular formula is C12H21NO3. The Morgan fingerprint density at radius 1 is 1.00 bits per heavy atom. The average molecular weight is 227 g/mol. The highest BCUT2D eigenvalue weighted by Gasteiger charge is 2.41. The summed E-state index contributed by atoms with van der Waals surface area (Å²) in [4.78, 5) is 24.8. The lowest BCUT2D eigenvalue weighted by molar-refractivity contribution is -0.139. The molecule has 1 heterocycles. The fraction of sp³-hybridized carbons (Fsp3) is 0.833. The topological polar surface area (TPSA) is 57.6 Å². The van der Waals surface area contributed by atoms with Gasteiger partial charge >= 0.3 is 0 Å². The number of carbonyl (C=O) groups excluding carboxylic acids is 2. The van der Waals surface area contributed by atoms with E-state index >= 15 is 0 Å². The lowest BCUT2D eigenvalue weighted by Gasteiger charge is -2.13. The third-order valence-corrected chi connectivity index (χ3v) is 3.35. The Morgan fingerprint density at radius 2 is 1.50 bits per heavy atom. The van der Waals surface area contributed by atoms with Crippen molar-refractivity contribution in [2.45, 2.75) is 39.5 Å². The number of hydrogen-bond acceptors (Lipinski definition) is 3. The van der Waals surface area contributed by atoms with Crippen molar-refractivity contribution >= 4 is 11.8 Å². The van der Waals surface area contributed by atoms with E-state index in [2.05, 4.69) is 0 Å². The largest absolute Gasteiger partial charge is 0.396 e. The van der Waals surface area contributed by atoms with Crippen LogP contribution in [0.15, 0.2) is 0 Å². The number of aliphatic hydroxyl groups is 1. The summed E-state index contributed by atoms with van der Waals surface area (Å²) in [5.41, 5.74) is 0. The molecule has 1 aliphatic rings. The van der Waals surface area contributed by atoms with Gasteiger partial charge in [0.1, 0.15) is 0 Å². The summed E-state index contributed by atoms with van der Waals surface area (Å²) in [5.74, 6) is -0.380. The summed E-state index contributed by atoms with van der Waals surface area (Å²) in [5, 5.41) is 8.61. The van der Waals surface area contributed by atoms with E-state index in [1.165, 1.54) is 4.90 Å². The first kappa shape index (κ1) is 13.2. The second-order valence-corrected chi connectivity index (χ2v) is 4.54. The van der Waals surface area contributed by atoms with E-state index in [-0.39, 0.29) is 30.3 Å². The van der Waals surface area contributed by atoms with Crippen LogP contribution >= 0.6 is 0 Å². The molecule has 1 saturated heterocycles. The maximum Gasteiger partial charge on any atom is 0.232 e. The molecule has 0 radical (unpaired) electrons. The molecule has 0 aromatic carbocycles. The molecule has 0 bridgehead atoms. The molecule has 0 unspecified atom stereocenters. The number of rotatable bonds is 6. The minimum absolute atomic E-state index is 0.0281. The molecule has 2 amide bonds. The number of unbranched alkanes of at least 4 members (excludes halogenated alkanes) is 3. The van der Waals surface area contributed by atoms with Crippen LogP contribution in [0.25, 0.3) is 0 Å². The van der Waals surface area contributed by atoms with Crippen molar-refractivity contribution in [2.24, 2.45) is 11.8 Å². The van der Waals surface area contributed by atoms with Crippen molar-refractivity contribution in [3.63, 3.8) is 0 Å². The Kier molecular flexibility index (Phi) is 4.93. The second-order valence-electron chi connectivity index (χ2n) is 4.54. The van der Waals surface area contributed by atoms with Gasteiger partial charge in [0.05, 0.1) is 0 Å². The predicted molar refractivity (Wildman–Crippen MR) is 60.6 cm³/mol. The molecule has 0 aromatic rings. The Morgan fingerprint density at radius 3 is 2.00 bits per heavy atom. The normalized spacial score (nSPS) is 25.6. The van der Waals surface area contributed by atoms with Gasteiger partial charge in [-0.25, -0.2) is 0 Å². The minimum Gasteiger partial charge on any atom is -0.396 e. The number of amides is 2. The molecule has 1 aliphatic heterocycles.